The zero-order valence-corrected chi connectivity index (χ0v) is 7.37. The van der Waals surface area contributed by atoms with E-state index in [-0.39, 0.29) is 0 Å². The molecule has 0 atom stereocenters. The van der Waals surface area contributed by atoms with Crippen LogP contribution in [0, 0.1) is 14.9 Å². The maximum absolute atomic E-state index is 8.33. The Morgan fingerprint density at radius 1 is 1.60 bits per heavy atom. The predicted octanol–water partition coefficient (Wildman–Crippen LogP) is 1.75. The molecule has 0 aromatic carbocycles. The molecule has 3 heteroatoms. The summed E-state index contributed by atoms with van der Waals surface area (Å²) in [6.07, 6.45) is 3.93. The second-order valence-corrected chi connectivity index (χ2v) is 3.09. The van der Waals surface area contributed by atoms with Gasteiger partial charge in [-0.15, -0.1) is 0 Å². The van der Waals surface area contributed by atoms with E-state index in [0.29, 0.717) is 6.42 Å². The summed E-state index contributed by atoms with van der Waals surface area (Å²) in [5.41, 5.74) is 0.981. The Bertz CT molecular complexity index is 265. The van der Waals surface area contributed by atoms with Crippen molar-refractivity contribution in [2.45, 2.75) is 6.42 Å². The first kappa shape index (κ1) is 7.48. The van der Waals surface area contributed by atoms with Crippen molar-refractivity contribution in [2.75, 3.05) is 0 Å². The molecule has 0 aliphatic carbocycles. The molecule has 0 bridgehead atoms. The van der Waals surface area contributed by atoms with E-state index in [0.717, 1.165) is 9.13 Å². The molecular formula is C7H5IN2. The highest BCUT2D eigenvalue weighted by molar-refractivity contribution is 14.1. The predicted molar refractivity (Wildman–Crippen MR) is 46.3 cm³/mol. The van der Waals surface area contributed by atoms with Crippen LogP contribution < -0.4 is 0 Å². The fourth-order valence-corrected chi connectivity index (χ4v) is 1.20. The first-order valence-corrected chi connectivity index (χ1v) is 3.87. The Hall–Kier alpha value is -0.630. The van der Waals surface area contributed by atoms with Crippen LogP contribution in [0.25, 0.3) is 0 Å². The SMILES string of the molecule is N#CCc1cncc(I)c1. The molecular weight excluding hydrogens is 239 g/mol. The molecule has 0 fully saturated rings. The normalized spacial score (nSPS) is 8.80. The Morgan fingerprint density at radius 2 is 2.40 bits per heavy atom. The third-order valence-corrected chi connectivity index (χ3v) is 1.63. The first-order chi connectivity index (χ1) is 4.83. The van der Waals surface area contributed by atoms with Crippen LogP contribution in [0.2, 0.25) is 0 Å². The van der Waals surface area contributed by atoms with Crippen LogP contribution in [0.15, 0.2) is 18.5 Å². The summed E-state index contributed by atoms with van der Waals surface area (Å²) in [5.74, 6) is 0. The molecule has 0 saturated heterocycles. The molecule has 0 unspecified atom stereocenters. The Kier molecular flexibility index (Phi) is 2.63. The van der Waals surface area contributed by atoms with Crippen LogP contribution >= 0.6 is 22.6 Å². The molecule has 0 radical (unpaired) electrons. The molecule has 1 aromatic heterocycles. The van der Waals surface area contributed by atoms with Crippen LogP contribution in [0.3, 0.4) is 0 Å². The molecule has 2 nitrogen and oxygen atoms in total. The summed E-state index contributed by atoms with van der Waals surface area (Å²) in [7, 11) is 0. The van der Waals surface area contributed by atoms with Gasteiger partial charge < -0.3 is 0 Å². The van der Waals surface area contributed by atoms with Gasteiger partial charge in [0.15, 0.2) is 0 Å². The largest absolute Gasteiger partial charge is 0.263 e. The fraction of sp³-hybridized carbons (Fsp3) is 0.143. The monoisotopic (exact) mass is 244 g/mol. The standard InChI is InChI=1S/C7H5IN2/c8-7-3-6(1-2-9)4-10-5-7/h3-5H,1H2. The zero-order valence-electron chi connectivity index (χ0n) is 5.21. The molecule has 0 aliphatic heterocycles. The molecule has 0 N–H and O–H groups in total. The van der Waals surface area contributed by atoms with Crippen LogP contribution in [0.4, 0.5) is 0 Å². The molecule has 50 valence electrons. The maximum atomic E-state index is 8.33. The van der Waals surface area contributed by atoms with Crippen LogP contribution in [0.5, 0.6) is 0 Å². The van der Waals surface area contributed by atoms with Gasteiger partial charge in [0.25, 0.3) is 0 Å². The van der Waals surface area contributed by atoms with E-state index in [9.17, 15) is 0 Å². The van der Waals surface area contributed by atoms with Gasteiger partial charge >= 0.3 is 0 Å². The van der Waals surface area contributed by atoms with Crippen molar-refractivity contribution in [3.8, 4) is 6.07 Å². The summed E-state index contributed by atoms with van der Waals surface area (Å²) in [4.78, 5) is 3.94. The van der Waals surface area contributed by atoms with E-state index in [1.807, 2.05) is 6.07 Å². The van der Waals surface area contributed by atoms with Crippen molar-refractivity contribution in [1.29, 1.82) is 5.26 Å². The van der Waals surface area contributed by atoms with Crippen LogP contribution in [-0.2, 0) is 6.42 Å². The number of pyridine rings is 1. The average Bonchev–Trinajstić information content (AvgIpc) is 1.88. The van der Waals surface area contributed by atoms with Gasteiger partial charge in [0, 0.05) is 16.0 Å². The van der Waals surface area contributed by atoms with Crippen molar-refractivity contribution in [3.63, 3.8) is 0 Å². The summed E-state index contributed by atoms with van der Waals surface area (Å²) >= 11 is 2.17. The molecule has 10 heavy (non-hydrogen) atoms. The maximum Gasteiger partial charge on any atom is 0.0670 e. The third-order valence-electron chi connectivity index (χ3n) is 1.04. The topological polar surface area (TPSA) is 36.7 Å². The highest BCUT2D eigenvalue weighted by Crippen LogP contribution is 2.04. The minimum absolute atomic E-state index is 0.448. The third kappa shape index (κ3) is 1.95. The smallest absolute Gasteiger partial charge is 0.0670 e. The second kappa shape index (κ2) is 3.52. The quantitative estimate of drug-likeness (QED) is 0.705. The molecule has 1 rings (SSSR count). The lowest BCUT2D eigenvalue weighted by atomic mass is 10.2. The lowest BCUT2D eigenvalue weighted by molar-refractivity contribution is 1.18. The van der Waals surface area contributed by atoms with Crippen molar-refractivity contribution < 1.29 is 0 Å². The van der Waals surface area contributed by atoms with E-state index in [4.69, 9.17) is 5.26 Å². The first-order valence-electron chi connectivity index (χ1n) is 2.79. The average molecular weight is 244 g/mol. The molecule has 0 aliphatic rings. The van der Waals surface area contributed by atoms with Crippen molar-refractivity contribution in [1.82, 2.24) is 4.98 Å². The molecule has 0 spiro atoms. The summed E-state index contributed by atoms with van der Waals surface area (Å²) < 4.78 is 1.07. The van der Waals surface area contributed by atoms with E-state index < -0.39 is 0 Å². The highest BCUT2D eigenvalue weighted by atomic mass is 127. The van der Waals surface area contributed by atoms with Gasteiger partial charge in [-0.2, -0.15) is 5.26 Å². The van der Waals surface area contributed by atoms with Crippen molar-refractivity contribution in [3.05, 3.63) is 27.6 Å². The van der Waals surface area contributed by atoms with E-state index in [1.54, 1.807) is 12.4 Å². The van der Waals surface area contributed by atoms with Gasteiger partial charge in [0.2, 0.25) is 0 Å². The van der Waals surface area contributed by atoms with Gasteiger partial charge in [-0.25, -0.2) is 0 Å². The molecule has 0 saturated carbocycles. The number of hydrogen-bond donors (Lipinski definition) is 0. The number of rotatable bonds is 1. The second-order valence-electron chi connectivity index (χ2n) is 1.85. The summed E-state index contributed by atoms with van der Waals surface area (Å²) in [6.45, 7) is 0. The minimum atomic E-state index is 0.448. The number of nitrogens with zero attached hydrogens (tertiary/aromatic N) is 2. The minimum Gasteiger partial charge on any atom is -0.263 e. The molecule has 1 heterocycles. The Balaban J connectivity index is 2.87. The van der Waals surface area contributed by atoms with Crippen LogP contribution in [-0.4, -0.2) is 4.98 Å². The zero-order chi connectivity index (χ0) is 7.40. The van der Waals surface area contributed by atoms with Gasteiger partial charge in [-0.05, 0) is 34.2 Å². The van der Waals surface area contributed by atoms with Gasteiger partial charge in [0.1, 0.15) is 0 Å². The number of halogens is 1. The number of hydrogen-bond acceptors (Lipinski definition) is 2. The Morgan fingerprint density at radius 3 is 3.00 bits per heavy atom. The lowest BCUT2D eigenvalue weighted by Gasteiger charge is -1.92. The lowest BCUT2D eigenvalue weighted by Crippen LogP contribution is -1.84. The van der Waals surface area contributed by atoms with Gasteiger partial charge in [-0.1, -0.05) is 0 Å². The Labute approximate surface area is 73.0 Å². The number of aromatic nitrogens is 1. The fourth-order valence-electron chi connectivity index (χ4n) is 0.644. The van der Waals surface area contributed by atoms with Crippen molar-refractivity contribution >= 4 is 22.6 Å². The van der Waals surface area contributed by atoms with E-state index in [1.165, 1.54) is 0 Å². The molecule has 1 aromatic rings. The van der Waals surface area contributed by atoms with E-state index >= 15 is 0 Å². The number of nitriles is 1. The van der Waals surface area contributed by atoms with Crippen LogP contribution in [0.1, 0.15) is 5.56 Å². The van der Waals surface area contributed by atoms with Gasteiger partial charge in [-0.3, -0.25) is 4.98 Å². The molecule has 0 amide bonds. The summed E-state index contributed by atoms with van der Waals surface area (Å²) in [5, 5.41) is 8.33. The highest BCUT2D eigenvalue weighted by Gasteiger charge is 1.91. The van der Waals surface area contributed by atoms with E-state index in [2.05, 4.69) is 33.6 Å². The van der Waals surface area contributed by atoms with Gasteiger partial charge in [0.05, 0.1) is 12.5 Å². The van der Waals surface area contributed by atoms with Crippen molar-refractivity contribution in [2.24, 2.45) is 0 Å². The summed E-state index contributed by atoms with van der Waals surface area (Å²) in [6, 6.07) is 4.02.